The molecule has 0 unspecified atom stereocenters. The van der Waals surface area contributed by atoms with Crippen LogP contribution in [0.4, 0.5) is 11.6 Å². The van der Waals surface area contributed by atoms with Crippen molar-refractivity contribution in [1.29, 1.82) is 0 Å². The van der Waals surface area contributed by atoms with Gasteiger partial charge in [0.1, 0.15) is 21.5 Å². The van der Waals surface area contributed by atoms with E-state index >= 15 is 0 Å². The van der Waals surface area contributed by atoms with E-state index in [1.807, 2.05) is 0 Å². The minimum Gasteiger partial charge on any atom is -0.372 e. The molecule has 7 heteroatoms. The molecule has 0 aliphatic heterocycles. The molecular weight excluding hydrogens is 216 g/mol. The Morgan fingerprint density at radius 2 is 2.00 bits per heavy atom. The van der Waals surface area contributed by atoms with E-state index in [0.29, 0.717) is 18.2 Å². The summed E-state index contributed by atoms with van der Waals surface area (Å²) in [6.45, 7) is 0.334. The van der Waals surface area contributed by atoms with Gasteiger partial charge in [0, 0.05) is 19.8 Å². The van der Waals surface area contributed by atoms with Crippen LogP contribution in [-0.4, -0.2) is 44.0 Å². The van der Waals surface area contributed by atoms with Crippen LogP contribution in [0.3, 0.4) is 0 Å². The van der Waals surface area contributed by atoms with Crippen LogP contribution < -0.4 is 10.6 Å². The van der Waals surface area contributed by atoms with E-state index in [-0.39, 0.29) is 5.75 Å². The molecule has 15 heavy (non-hydrogen) atoms. The van der Waals surface area contributed by atoms with E-state index in [0.717, 1.165) is 0 Å². The standard InChI is InChI=1S/C8H14N4O2S/c1-9-7-5-10-6-8(12-7)11-3-4-15(2,13)14/h5-6H,3-4H2,1-2H3,(H2,9,11,12). The van der Waals surface area contributed by atoms with Crippen LogP contribution in [0.1, 0.15) is 0 Å². The van der Waals surface area contributed by atoms with Gasteiger partial charge in [0.15, 0.2) is 0 Å². The van der Waals surface area contributed by atoms with E-state index in [2.05, 4.69) is 20.6 Å². The molecule has 1 aromatic heterocycles. The Bertz CT molecular complexity index is 418. The minimum atomic E-state index is -2.94. The van der Waals surface area contributed by atoms with Gasteiger partial charge in [-0.05, 0) is 0 Å². The Hall–Kier alpha value is -1.37. The van der Waals surface area contributed by atoms with E-state index < -0.39 is 9.84 Å². The summed E-state index contributed by atoms with van der Waals surface area (Å²) < 4.78 is 21.7. The van der Waals surface area contributed by atoms with E-state index in [4.69, 9.17) is 0 Å². The maximum absolute atomic E-state index is 10.9. The average molecular weight is 230 g/mol. The van der Waals surface area contributed by atoms with Crippen molar-refractivity contribution in [3.05, 3.63) is 12.4 Å². The van der Waals surface area contributed by atoms with Crippen molar-refractivity contribution in [2.24, 2.45) is 0 Å². The van der Waals surface area contributed by atoms with Crippen LogP contribution in [0.25, 0.3) is 0 Å². The molecule has 0 fully saturated rings. The molecule has 0 bridgehead atoms. The van der Waals surface area contributed by atoms with Gasteiger partial charge in [0.05, 0.1) is 18.1 Å². The zero-order valence-electron chi connectivity index (χ0n) is 8.69. The summed E-state index contributed by atoms with van der Waals surface area (Å²) in [4.78, 5) is 8.06. The van der Waals surface area contributed by atoms with Gasteiger partial charge < -0.3 is 10.6 Å². The summed E-state index contributed by atoms with van der Waals surface area (Å²) in [5.41, 5.74) is 0. The first-order valence-corrected chi connectivity index (χ1v) is 6.49. The number of anilines is 2. The molecule has 0 aliphatic rings. The lowest BCUT2D eigenvalue weighted by Crippen LogP contribution is -2.15. The first-order valence-electron chi connectivity index (χ1n) is 4.42. The number of rotatable bonds is 5. The molecule has 0 saturated carbocycles. The normalized spacial score (nSPS) is 11.1. The summed E-state index contributed by atoms with van der Waals surface area (Å²) in [5, 5.41) is 5.73. The second kappa shape index (κ2) is 4.92. The molecule has 0 spiro atoms. The molecule has 84 valence electrons. The van der Waals surface area contributed by atoms with E-state index in [1.54, 1.807) is 19.4 Å². The third-order valence-electron chi connectivity index (χ3n) is 1.67. The Kier molecular flexibility index (Phi) is 3.84. The highest BCUT2D eigenvalue weighted by Gasteiger charge is 2.02. The molecule has 6 nitrogen and oxygen atoms in total. The van der Waals surface area contributed by atoms with Crippen molar-refractivity contribution < 1.29 is 8.42 Å². The smallest absolute Gasteiger partial charge is 0.149 e. The van der Waals surface area contributed by atoms with E-state index in [9.17, 15) is 8.42 Å². The van der Waals surface area contributed by atoms with Gasteiger partial charge in [0.2, 0.25) is 0 Å². The third-order valence-corrected chi connectivity index (χ3v) is 2.62. The summed E-state index contributed by atoms with van der Waals surface area (Å²) in [6, 6.07) is 0. The Morgan fingerprint density at radius 3 is 2.60 bits per heavy atom. The highest BCUT2D eigenvalue weighted by Crippen LogP contribution is 2.04. The Balaban J connectivity index is 2.51. The zero-order valence-corrected chi connectivity index (χ0v) is 9.50. The van der Waals surface area contributed by atoms with Crippen LogP contribution in [-0.2, 0) is 9.84 Å². The fraction of sp³-hybridized carbons (Fsp3) is 0.500. The predicted molar refractivity (Wildman–Crippen MR) is 59.8 cm³/mol. The lowest BCUT2D eigenvalue weighted by Gasteiger charge is -2.05. The van der Waals surface area contributed by atoms with Gasteiger partial charge in [-0.3, -0.25) is 4.98 Å². The highest BCUT2D eigenvalue weighted by atomic mass is 32.2. The van der Waals surface area contributed by atoms with Crippen molar-refractivity contribution in [1.82, 2.24) is 9.97 Å². The minimum absolute atomic E-state index is 0.0818. The number of nitrogens with zero attached hydrogens (tertiary/aromatic N) is 2. The van der Waals surface area contributed by atoms with Gasteiger partial charge in [-0.2, -0.15) is 0 Å². The number of sulfone groups is 1. The zero-order chi connectivity index (χ0) is 11.3. The van der Waals surface area contributed by atoms with Crippen molar-refractivity contribution in [2.75, 3.05) is 36.2 Å². The largest absolute Gasteiger partial charge is 0.372 e. The molecule has 0 saturated heterocycles. The van der Waals surface area contributed by atoms with Gasteiger partial charge >= 0.3 is 0 Å². The maximum atomic E-state index is 10.9. The predicted octanol–water partition coefficient (Wildman–Crippen LogP) is -0.0252. The Morgan fingerprint density at radius 1 is 1.33 bits per heavy atom. The third kappa shape index (κ3) is 4.59. The SMILES string of the molecule is CNc1cncc(NCCS(C)(=O)=O)n1. The number of nitrogens with one attached hydrogen (secondary N) is 2. The van der Waals surface area contributed by atoms with Crippen LogP contribution in [0.15, 0.2) is 12.4 Å². The molecule has 0 aliphatic carbocycles. The monoisotopic (exact) mass is 230 g/mol. The maximum Gasteiger partial charge on any atom is 0.149 e. The summed E-state index contributed by atoms with van der Waals surface area (Å²) in [5.74, 6) is 1.28. The summed E-state index contributed by atoms with van der Waals surface area (Å²) >= 11 is 0. The first kappa shape index (κ1) is 11.7. The van der Waals surface area contributed by atoms with Crippen LogP contribution in [0, 0.1) is 0 Å². The second-order valence-electron chi connectivity index (χ2n) is 3.10. The molecule has 1 rings (SSSR count). The fourth-order valence-corrected chi connectivity index (χ4v) is 1.41. The second-order valence-corrected chi connectivity index (χ2v) is 5.36. The quantitative estimate of drug-likeness (QED) is 0.739. The van der Waals surface area contributed by atoms with Crippen LogP contribution in [0.2, 0.25) is 0 Å². The summed E-state index contributed by atoms with van der Waals surface area (Å²) in [7, 11) is -1.20. The molecule has 0 amide bonds. The molecule has 1 aromatic rings. The van der Waals surface area contributed by atoms with Crippen molar-refractivity contribution in [3.63, 3.8) is 0 Å². The van der Waals surface area contributed by atoms with Gasteiger partial charge in [-0.25, -0.2) is 13.4 Å². The van der Waals surface area contributed by atoms with Crippen molar-refractivity contribution >= 4 is 21.5 Å². The summed E-state index contributed by atoms with van der Waals surface area (Å²) in [6.07, 6.45) is 4.33. The number of aromatic nitrogens is 2. The highest BCUT2D eigenvalue weighted by molar-refractivity contribution is 7.90. The molecular formula is C8H14N4O2S. The first-order chi connectivity index (χ1) is 7.01. The number of hydrogen-bond donors (Lipinski definition) is 2. The topological polar surface area (TPSA) is 84.0 Å². The molecule has 0 radical (unpaired) electrons. The average Bonchev–Trinajstić information content (AvgIpc) is 2.16. The molecule has 2 N–H and O–H groups in total. The van der Waals surface area contributed by atoms with E-state index in [1.165, 1.54) is 6.26 Å². The fourth-order valence-electron chi connectivity index (χ4n) is 0.936. The lowest BCUT2D eigenvalue weighted by molar-refractivity contribution is 0.602. The van der Waals surface area contributed by atoms with Crippen molar-refractivity contribution in [2.45, 2.75) is 0 Å². The van der Waals surface area contributed by atoms with Crippen LogP contribution >= 0.6 is 0 Å². The Labute approximate surface area is 89.1 Å². The molecule has 1 heterocycles. The van der Waals surface area contributed by atoms with Crippen molar-refractivity contribution in [3.8, 4) is 0 Å². The van der Waals surface area contributed by atoms with Gasteiger partial charge in [-0.15, -0.1) is 0 Å². The molecule has 0 aromatic carbocycles. The number of hydrogen-bond acceptors (Lipinski definition) is 6. The lowest BCUT2D eigenvalue weighted by atomic mass is 10.6. The van der Waals surface area contributed by atoms with Gasteiger partial charge in [-0.1, -0.05) is 0 Å². The van der Waals surface area contributed by atoms with Crippen LogP contribution in [0.5, 0.6) is 0 Å². The molecule has 0 atom stereocenters. The van der Waals surface area contributed by atoms with Gasteiger partial charge in [0.25, 0.3) is 0 Å².